The van der Waals surface area contributed by atoms with Gasteiger partial charge >= 0.3 is 0 Å². The Morgan fingerprint density at radius 1 is 1.00 bits per heavy atom. The molecule has 0 bridgehead atoms. The quantitative estimate of drug-likeness (QED) is 0.534. The van der Waals surface area contributed by atoms with Crippen LogP contribution in [-0.2, 0) is 10.2 Å². The maximum absolute atomic E-state index is 13.8. The number of rotatable bonds is 6. The van der Waals surface area contributed by atoms with Crippen LogP contribution in [0, 0.1) is 18.6 Å². The number of hydrogen-bond donors (Lipinski definition) is 3. The SMILES string of the molecule is CNC(=O)c1cnc(Nc2ccccc2C)c(NC(=O)C2(c3ccc(F)c(F)c3)CC2)c1. The lowest BCUT2D eigenvalue weighted by Gasteiger charge is -2.19. The number of nitrogens with one attached hydrogen (secondary N) is 3. The maximum Gasteiger partial charge on any atom is 0.252 e. The minimum Gasteiger partial charge on any atom is -0.355 e. The zero-order valence-corrected chi connectivity index (χ0v) is 17.6. The normalized spacial score (nSPS) is 13.9. The number of pyridine rings is 1. The van der Waals surface area contributed by atoms with Crippen molar-refractivity contribution in [2.75, 3.05) is 17.7 Å². The first-order chi connectivity index (χ1) is 15.3. The van der Waals surface area contributed by atoms with Gasteiger partial charge in [0.25, 0.3) is 5.91 Å². The van der Waals surface area contributed by atoms with E-state index in [0.29, 0.717) is 29.9 Å². The van der Waals surface area contributed by atoms with Gasteiger partial charge in [0.15, 0.2) is 17.5 Å². The zero-order chi connectivity index (χ0) is 22.9. The lowest BCUT2D eigenvalue weighted by atomic mass is 9.94. The molecule has 1 aromatic heterocycles. The number of carbonyl (C=O) groups excluding carboxylic acids is 2. The molecule has 0 saturated heterocycles. The Morgan fingerprint density at radius 3 is 2.41 bits per heavy atom. The highest BCUT2D eigenvalue weighted by Gasteiger charge is 2.51. The minimum atomic E-state index is -0.994. The number of anilines is 3. The second-order valence-corrected chi connectivity index (χ2v) is 7.80. The summed E-state index contributed by atoms with van der Waals surface area (Å²) in [7, 11) is 1.50. The molecule has 1 fully saturated rings. The Hall–Kier alpha value is -3.81. The maximum atomic E-state index is 13.8. The number of amides is 2. The van der Waals surface area contributed by atoms with E-state index in [2.05, 4.69) is 20.9 Å². The predicted molar refractivity (Wildman–Crippen MR) is 118 cm³/mol. The second kappa shape index (κ2) is 8.37. The summed E-state index contributed by atoms with van der Waals surface area (Å²) in [4.78, 5) is 29.7. The fourth-order valence-electron chi connectivity index (χ4n) is 3.58. The van der Waals surface area contributed by atoms with Gasteiger partial charge in [-0.3, -0.25) is 9.59 Å². The van der Waals surface area contributed by atoms with Crippen molar-refractivity contribution in [1.82, 2.24) is 10.3 Å². The van der Waals surface area contributed by atoms with Crippen molar-refractivity contribution in [3.63, 3.8) is 0 Å². The van der Waals surface area contributed by atoms with E-state index in [4.69, 9.17) is 0 Å². The standard InChI is InChI=1S/C24H22F2N4O2/c1-14-5-3-4-6-19(14)29-21-20(11-15(13-28-21)22(31)27-2)30-23(32)24(9-10-24)16-7-8-17(25)18(26)12-16/h3-8,11-13H,9-10H2,1-2H3,(H,27,31)(H,28,29)(H,30,32). The number of halogens is 2. The van der Waals surface area contributed by atoms with Gasteiger partial charge in [0.2, 0.25) is 5.91 Å². The lowest BCUT2D eigenvalue weighted by molar-refractivity contribution is -0.118. The van der Waals surface area contributed by atoms with Gasteiger partial charge in [-0.1, -0.05) is 24.3 Å². The van der Waals surface area contributed by atoms with Gasteiger partial charge in [-0.25, -0.2) is 13.8 Å². The molecule has 0 atom stereocenters. The molecule has 0 radical (unpaired) electrons. The van der Waals surface area contributed by atoms with Gasteiger partial charge in [0, 0.05) is 18.9 Å². The third kappa shape index (κ3) is 4.03. The van der Waals surface area contributed by atoms with Crippen LogP contribution in [-0.4, -0.2) is 23.8 Å². The van der Waals surface area contributed by atoms with E-state index < -0.39 is 17.0 Å². The van der Waals surface area contributed by atoms with E-state index in [0.717, 1.165) is 23.4 Å². The highest BCUT2D eigenvalue weighted by atomic mass is 19.2. The average molecular weight is 436 g/mol. The van der Waals surface area contributed by atoms with Crippen LogP contribution >= 0.6 is 0 Å². The molecule has 1 heterocycles. The van der Waals surface area contributed by atoms with Crippen LogP contribution in [0.15, 0.2) is 54.7 Å². The van der Waals surface area contributed by atoms with Crippen molar-refractivity contribution in [1.29, 1.82) is 0 Å². The molecule has 0 spiro atoms. The van der Waals surface area contributed by atoms with Crippen molar-refractivity contribution in [3.8, 4) is 0 Å². The van der Waals surface area contributed by atoms with Crippen molar-refractivity contribution >= 4 is 29.0 Å². The first-order valence-electron chi connectivity index (χ1n) is 10.2. The van der Waals surface area contributed by atoms with Crippen molar-refractivity contribution in [2.45, 2.75) is 25.2 Å². The largest absolute Gasteiger partial charge is 0.355 e. The summed E-state index contributed by atoms with van der Waals surface area (Å²) in [5.74, 6) is -2.31. The van der Waals surface area contributed by atoms with Crippen LogP contribution in [0.25, 0.3) is 0 Å². The van der Waals surface area contributed by atoms with Crippen molar-refractivity contribution in [3.05, 3.63) is 83.1 Å². The van der Waals surface area contributed by atoms with Crippen LogP contribution in [0.2, 0.25) is 0 Å². The smallest absolute Gasteiger partial charge is 0.252 e. The Morgan fingerprint density at radius 2 is 1.75 bits per heavy atom. The summed E-state index contributed by atoms with van der Waals surface area (Å²) < 4.78 is 27.2. The number of carbonyl (C=O) groups is 2. The Labute approximate surface area is 184 Å². The Balaban J connectivity index is 1.67. The first kappa shape index (κ1) is 21.4. The summed E-state index contributed by atoms with van der Waals surface area (Å²) in [6.07, 6.45) is 2.43. The number of nitrogens with zero attached hydrogens (tertiary/aromatic N) is 1. The zero-order valence-electron chi connectivity index (χ0n) is 17.6. The van der Waals surface area contributed by atoms with E-state index in [9.17, 15) is 18.4 Å². The topological polar surface area (TPSA) is 83.1 Å². The molecule has 1 saturated carbocycles. The molecule has 4 rings (SSSR count). The summed E-state index contributed by atoms with van der Waals surface area (Å²) in [5, 5.41) is 8.57. The van der Waals surface area contributed by atoms with E-state index in [1.54, 1.807) is 0 Å². The summed E-state index contributed by atoms with van der Waals surface area (Å²) in [6.45, 7) is 1.93. The molecule has 6 nitrogen and oxygen atoms in total. The number of hydrogen-bond acceptors (Lipinski definition) is 4. The lowest BCUT2D eigenvalue weighted by Crippen LogP contribution is -2.29. The average Bonchev–Trinajstić information content (AvgIpc) is 3.60. The van der Waals surface area contributed by atoms with E-state index >= 15 is 0 Å². The molecular formula is C24H22F2N4O2. The van der Waals surface area contributed by atoms with Crippen LogP contribution in [0.3, 0.4) is 0 Å². The van der Waals surface area contributed by atoms with Gasteiger partial charge in [0.05, 0.1) is 16.7 Å². The fraction of sp³-hybridized carbons (Fsp3) is 0.208. The van der Waals surface area contributed by atoms with Gasteiger partial charge in [-0.05, 0) is 55.2 Å². The fourth-order valence-corrected chi connectivity index (χ4v) is 3.58. The highest BCUT2D eigenvalue weighted by Crippen LogP contribution is 2.49. The predicted octanol–water partition coefficient (Wildman–Crippen LogP) is 4.44. The molecule has 3 N–H and O–H groups in total. The molecule has 32 heavy (non-hydrogen) atoms. The number of aromatic nitrogens is 1. The molecule has 164 valence electrons. The highest BCUT2D eigenvalue weighted by molar-refractivity contribution is 6.04. The third-order valence-electron chi connectivity index (χ3n) is 5.68. The first-order valence-corrected chi connectivity index (χ1v) is 10.2. The van der Waals surface area contributed by atoms with Gasteiger partial charge < -0.3 is 16.0 Å². The Bertz CT molecular complexity index is 1210. The second-order valence-electron chi connectivity index (χ2n) is 7.80. The van der Waals surface area contributed by atoms with Crippen LogP contribution in [0.5, 0.6) is 0 Å². The molecule has 3 aromatic rings. The molecule has 2 aromatic carbocycles. The van der Waals surface area contributed by atoms with E-state index in [1.165, 1.54) is 25.4 Å². The van der Waals surface area contributed by atoms with Crippen molar-refractivity contribution < 1.29 is 18.4 Å². The van der Waals surface area contributed by atoms with Crippen molar-refractivity contribution in [2.24, 2.45) is 0 Å². The minimum absolute atomic E-state index is 0.274. The Kier molecular flexibility index (Phi) is 5.61. The summed E-state index contributed by atoms with van der Waals surface area (Å²) in [6, 6.07) is 12.6. The number of para-hydroxylation sites is 1. The molecule has 0 aliphatic heterocycles. The number of aryl methyl sites for hydroxylation is 1. The van der Waals surface area contributed by atoms with E-state index in [1.807, 2.05) is 31.2 Å². The summed E-state index contributed by atoms with van der Waals surface area (Å²) in [5.41, 5.74) is 1.83. The third-order valence-corrected chi connectivity index (χ3v) is 5.68. The van der Waals surface area contributed by atoms with Crippen LogP contribution < -0.4 is 16.0 Å². The van der Waals surface area contributed by atoms with Gasteiger partial charge in [-0.2, -0.15) is 0 Å². The molecule has 1 aliphatic rings. The van der Waals surface area contributed by atoms with Gasteiger partial charge in [0.1, 0.15) is 0 Å². The molecule has 2 amide bonds. The van der Waals surface area contributed by atoms with Crippen LogP contribution in [0.1, 0.15) is 34.3 Å². The van der Waals surface area contributed by atoms with E-state index in [-0.39, 0.29) is 17.4 Å². The molecule has 8 heteroatoms. The van der Waals surface area contributed by atoms with Crippen LogP contribution in [0.4, 0.5) is 26.0 Å². The summed E-state index contributed by atoms with van der Waals surface area (Å²) >= 11 is 0. The molecule has 0 unspecified atom stereocenters. The number of benzene rings is 2. The monoisotopic (exact) mass is 436 g/mol. The van der Waals surface area contributed by atoms with Gasteiger partial charge in [-0.15, -0.1) is 0 Å². The molecular weight excluding hydrogens is 414 g/mol. The molecule has 1 aliphatic carbocycles.